The van der Waals surface area contributed by atoms with Gasteiger partial charge in [-0.1, -0.05) is 11.3 Å². The molecule has 9 nitrogen and oxygen atoms in total. The van der Waals surface area contributed by atoms with Gasteiger partial charge < -0.3 is 9.84 Å². The van der Waals surface area contributed by atoms with Crippen molar-refractivity contribution in [2.75, 3.05) is 7.11 Å². The van der Waals surface area contributed by atoms with Crippen LogP contribution in [0.4, 0.5) is 0 Å². The maximum absolute atomic E-state index is 12.3. The van der Waals surface area contributed by atoms with Gasteiger partial charge in [0.05, 0.1) is 35.9 Å². The quantitative estimate of drug-likeness (QED) is 0.673. The van der Waals surface area contributed by atoms with E-state index in [0.29, 0.717) is 22.5 Å². The standard InChI is InChI=1S/C19H19N5O4/c1-10-4-5-11(6-12(10)18(25)26)24-17(15(8-20-24)19(27)28-3)14-7-13(14)16-9-23(2)22-21-16/h4-6,8-9,13-14H,7H2,1-3H3,(H,25,26). The van der Waals surface area contributed by atoms with Crippen LogP contribution in [0.15, 0.2) is 30.6 Å². The monoisotopic (exact) mass is 381 g/mol. The molecule has 0 bridgehead atoms. The van der Waals surface area contributed by atoms with Crippen LogP contribution in [0.1, 0.15) is 55.9 Å². The average molecular weight is 381 g/mol. The third-order valence-corrected chi connectivity index (χ3v) is 5.05. The molecular formula is C19H19N5O4. The van der Waals surface area contributed by atoms with E-state index in [1.165, 1.54) is 13.3 Å². The van der Waals surface area contributed by atoms with Crippen molar-refractivity contribution in [1.29, 1.82) is 0 Å². The predicted octanol–water partition coefficient (Wildman–Crippen LogP) is 2.07. The van der Waals surface area contributed by atoms with E-state index in [9.17, 15) is 14.7 Å². The number of benzene rings is 1. The van der Waals surface area contributed by atoms with Crippen molar-refractivity contribution < 1.29 is 19.4 Å². The molecule has 2 atom stereocenters. The number of nitrogens with zero attached hydrogens (tertiary/aromatic N) is 5. The van der Waals surface area contributed by atoms with Gasteiger partial charge in [-0.15, -0.1) is 5.10 Å². The number of carbonyl (C=O) groups is 2. The molecular weight excluding hydrogens is 362 g/mol. The maximum atomic E-state index is 12.3. The lowest BCUT2D eigenvalue weighted by atomic mass is 10.1. The Labute approximate surface area is 160 Å². The zero-order valence-electron chi connectivity index (χ0n) is 15.7. The number of esters is 1. The Kier molecular flexibility index (Phi) is 4.21. The number of hydrogen-bond donors (Lipinski definition) is 1. The van der Waals surface area contributed by atoms with E-state index in [2.05, 4.69) is 15.4 Å². The van der Waals surface area contributed by atoms with E-state index in [-0.39, 0.29) is 17.4 Å². The number of carboxylic acids is 1. The number of rotatable bonds is 5. The summed E-state index contributed by atoms with van der Waals surface area (Å²) in [5, 5.41) is 21.9. The number of aromatic carboxylic acids is 1. The van der Waals surface area contributed by atoms with Crippen LogP contribution in [0.5, 0.6) is 0 Å². The fourth-order valence-corrected chi connectivity index (χ4v) is 3.52. The third-order valence-electron chi connectivity index (χ3n) is 5.05. The molecule has 28 heavy (non-hydrogen) atoms. The van der Waals surface area contributed by atoms with Gasteiger partial charge >= 0.3 is 11.9 Å². The smallest absolute Gasteiger partial charge is 0.341 e. The average Bonchev–Trinajstić information content (AvgIpc) is 3.13. The van der Waals surface area contributed by atoms with Gasteiger partial charge in [-0.3, -0.25) is 4.68 Å². The van der Waals surface area contributed by atoms with Crippen molar-refractivity contribution in [3.8, 4) is 5.69 Å². The van der Waals surface area contributed by atoms with Gasteiger partial charge in [0.1, 0.15) is 5.56 Å². The molecule has 0 saturated heterocycles. The maximum Gasteiger partial charge on any atom is 0.341 e. The van der Waals surface area contributed by atoms with Crippen LogP contribution in [0.25, 0.3) is 5.69 Å². The molecule has 1 aliphatic carbocycles. The van der Waals surface area contributed by atoms with Gasteiger partial charge in [0.2, 0.25) is 0 Å². The first-order chi connectivity index (χ1) is 13.4. The highest BCUT2D eigenvalue weighted by molar-refractivity contribution is 5.91. The van der Waals surface area contributed by atoms with Gasteiger partial charge in [0.25, 0.3) is 0 Å². The predicted molar refractivity (Wildman–Crippen MR) is 97.7 cm³/mol. The van der Waals surface area contributed by atoms with E-state index in [0.717, 1.165) is 12.1 Å². The largest absolute Gasteiger partial charge is 0.478 e. The van der Waals surface area contributed by atoms with Gasteiger partial charge in [0, 0.05) is 25.1 Å². The number of methoxy groups -OCH3 is 1. The summed E-state index contributed by atoms with van der Waals surface area (Å²) in [4.78, 5) is 23.8. The normalized spacial score (nSPS) is 18.1. The van der Waals surface area contributed by atoms with Gasteiger partial charge in [-0.05, 0) is 31.0 Å². The molecule has 1 aliphatic rings. The Balaban J connectivity index is 1.79. The zero-order valence-corrected chi connectivity index (χ0v) is 15.7. The summed E-state index contributed by atoms with van der Waals surface area (Å²) in [6.07, 6.45) is 4.12. The summed E-state index contributed by atoms with van der Waals surface area (Å²) < 4.78 is 8.18. The number of ether oxygens (including phenoxy) is 1. The van der Waals surface area contributed by atoms with Crippen LogP contribution in [0.3, 0.4) is 0 Å². The van der Waals surface area contributed by atoms with E-state index < -0.39 is 11.9 Å². The lowest BCUT2D eigenvalue weighted by molar-refractivity contribution is 0.0598. The van der Waals surface area contributed by atoms with Crippen molar-refractivity contribution >= 4 is 11.9 Å². The summed E-state index contributed by atoms with van der Waals surface area (Å²) in [5.41, 5.74) is 3.35. The van der Waals surface area contributed by atoms with Crippen LogP contribution in [-0.2, 0) is 11.8 Å². The Morgan fingerprint density at radius 3 is 2.68 bits per heavy atom. The molecule has 2 heterocycles. The molecule has 9 heteroatoms. The third kappa shape index (κ3) is 2.94. The Bertz CT molecular complexity index is 1080. The first kappa shape index (κ1) is 17.9. The summed E-state index contributed by atoms with van der Waals surface area (Å²) >= 11 is 0. The van der Waals surface area contributed by atoms with Crippen LogP contribution < -0.4 is 0 Å². The molecule has 0 spiro atoms. The Morgan fingerprint density at radius 2 is 2.04 bits per heavy atom. The van der Waals surface area contributed by atoms with Crippen molar-refractivity contribution in [3.63, 3.8) is 0 Å². The van der Waals surface area contributed by atoms with Crippen molar-refractivity contribution in [3.05, 3.63) is 58.7 Å². The molecule has 3 aromatic rings. The number of carbonyl (C=O) groups excluding carboxylic acids is 1. The molecule has 4 rings (SSSR count). The molecule has 1 saturated carbocycles. The highest BCUT2D eigenvalue weighted by Gasteiger charge is 2.46. The molecule has 144 valence electrons. The Hall–Kier alpha value is -3.49. The fraction of sp³-hybridized carbons (Fsp3) is 0.316. The summed E-state index contributed by atoms with van der Waals surface area (Å²) in [5.74, 6) is -1.35. The number of hydrogen-bond acceptors (Lipinski definition) is 6. The highest BCUT2D eigenvalue weighted by Crippen LogP contribution is 2.55. The van der Waals surface area contributed by atoms with E-state index >= 15 is 0 Å². The second kappa shape index (κ2) is 6.59. The second-order valence-corrected chi connectivity index (χ2v) is 6.92. The minimum Gasteiger partial charge on any atom is -0.478 e. The minimum atomic E-state index is -1.01. The lowest BCUT2D eigenvalue weighted by Gasteiger charge is -2.11. The molecule has 0 radical (unpaired) electrons. The first-order valence-corrected chi connectivity index (χ1v) is 8.77. The molecule has 1 aromatic carbocycles. The topological polar surface area (TPSA) is 112 Å². The molecule has 1 fully saturated rings. The molecule has 2 unspecified atom stereocenters. The van der Waals surface area contributed by atoms with Gasteiger partial charge in [0.15, 0.2) is 0 Å². The molecule has 0 aliphatic heterocycles. The minimum absolute atomic E-state index is 0.0166. The second-order valence-electron chi connectivity index (χ2n) is 6.92. The number of aromatic nitrogens is 5. The number of aryl methyl sites for hydroxylation is 2. The van der Waals surface area contributed by atoms with Gasteiger partial charge in [-0.25, -0.2) is 14.3 Å². The van der Waals surface area contributed by atoms with Crippen molar-refractivity contribution in [2.45, 2.75) is 25.2 Å². The fourth-order valence-electron chi connectivity index (χ4n) is 3.52. The van der Waals surface area contributed by atoms with E-state index in [1.54, 1.807) is 41.5 Å². The Morgan fingerprint density at radius 1 is 1.25 bits per heavy atom. The van der Waals surface area contributed by atoms with Crippen LogP contribution in [0.2, 0.25) is 0 Å². The molecule has 1 N–H and O–H groups in total. The van der Waals surface area contributed by atoms with Crippen LogP contribution in [0, 0.1) is 6.92 Å². The van der Waals surface area contributed by atoms with Crippen molar-refractivity contribution in [1.82, 2.24) is 24.8 Å². The summed E-state index contributed by atoms with van der Waals surface area (Å²) in [6.45, 7) is 1.74. The lowest BCUT2D eigenvalue weighted by Crippen LogP contribution is -2.09. The van der Waals surface area contributed by atoms with E-state index in [4.69, 9.17) is 4.74 Å². The molecule has 2 aromatic heterocycles. The van der Waals surface area contributed by atoms with Gasteiger partial charge in [-0.2, -0.15) is 5.10 Å². The van der Waals surface area contributed by atoms with E-state index in [1.807, 2.05) is 6.20 Å². The zero-order chi connectivity index (χ0) is 20.0. The number of carboxylic acid groups (broad SMARTS) is 1. The first-order valence-electron chi connectivity index (χ1n) is 8.77. The van der Waals surface area contributed by atoms with Crippen LogP contribution in [-0.4, -0.2) is 48.9 Å². The SMILES string of the molecule is COC(=O)c1cnn(-c2ccc(C)c(C(=O)O)c2)c1C1CC1c1cn(C)nn1. The van der Waals surface area contributed by atoms with Crippen LogP contribution >= 0.6 is 0 Å². The summed E-state index contributed by atoms with van der Waals surface area (Å²) in [7, 11) is 3.13. The summed E-state index contributed by atoms with van der Waals surface area (Å²) in [6, 6.07) is 5.09. The highest BCUT2D eigenvalue weighted by atomic mass is 16.5. The molecule has 0 amide bonds. The van der Waals surface area contributed by atoms with Crippen molar-refractivity contribution in [2.24, 2.45) is 7.05 Å².